The molecular weight excluding hydrogens is 599 g/mol. The van der Waals surface area contributed by atoms with Crippen LogP contribution in [-0.2, 0) is 16.2 Å². The summed E-state index contributed by atoms with van der Waals surface area (Å²) in [5, 5.41) is 6.25. The van der Waals surface area contributed by atoms with Crippen molar-refractivity contribution in [2.24, 2.45) is 0 Å². The predicted molar refractivity (Wildman–Crippen MR) is 131 cm³/mol. The van der Waals surface area contributed by atoms with Gasteiger partial charge in [-0.25, -0.2) is 17.9 Å². The molecule has 0 bridgehead atoms. The molecule has 0 spiro atoms. The van der Waals surface area contributed by atoms with Gasteiger partial charge in [0.25, 0.3) is 15.9 Å². The molecule has 200 valence electrons. The summed E-state index contributed by atoms with van der Waals surface area (Å²) in [6.07, 6.45) is -4.73. The van der Waals surface area contributed by atoms with Gasteiger partial charge in [-0.15, -0.1) is 0 Å². The number of anilines is 2. The number of sulfonamides is 1. The Morgan fingerprint density at radius 3 is 2.34 bits per heavy atom. The van der Waals surface area contributed by atoms with E-state index in [2.05, 4.69) is 46.0 Å². The van der Waals surface area contributed by atoms with Crippen LogP contribution in [0.25, 0.3) is 5.65 Å². The molecule has 4 rings (SSSR count). The second-order valence-corrected chi connectivity index (χ2v) is 10.0. The monoisotopic (exact) mass is 615 g/mol. The van der Waals surface area contributed by atoms with Gasteiger partial charge in [0.2, 0.25) is 5.88 Å². The van der Waals surface area contributed by atoms with E-state index in [9.17, 15) is 26.4 Å². The predicted octanol–water partition coefficient (Wildman–Crippen LogP) is 3.68. The molecule has 0 saturated carbocycles. The molecule has 4 aromatic rings. The Balaban J connectivity index is 1.56. The van der Waals surface area contributed by atoms with Crippen molar-refractivity contribution in [2.75, 3.05) is 24.3 Å². The number of alkyl halides is 3. The first-order valence-corrected chi connectivity index (χ1v) is 12.6. The number of amides is 1. The Labute approximate surface area is 221 Å². The molecular formula is C21H17BrF3N7O5S. The average molecular weight is 616 g/mol. The largest absolute Gasteiger partial charge is 0.481 e. The lowest BCUT2D eigenvalue weighted by molar-refractivity contribution is -0.142. The lowest BCUT2D eigenvalue weighted by Gasteiger charge is -2.10. The van der Waals surface area contributed by atoms with Gasteiger partial charge >= 0.3 is 12.2 Å². The second-order valence-electron chi connectivity index (χ2n) is 7.54. The number of carbonyl (C=O) groups excluding carboxylic acids is 1. The van der Waals surface area contributed by atoms with Crippen LogP contribution in [0.2, 0.25) is 0 Å². The Morgan fingerprint density at radius 1 is 1.05 bits per heavy atom. The Morgan fingerprint density at radius 2 is 1.74 bits per heavy atom. The van der Waals surface area contributed by atoms with Gasteiger partial charge in [0, 0.05) is 17.4 Å². The van der Waals surface area contributed by atoms with Crippen LogP contribution in [-0.4, -0.2) is 53.1 Å². The third-order valence-electron chi connectivity index (χ3n) is 4.90. The maximum absolute atomic E-state index is 13.5. The summed E-state index contributed by atoms with van der Waals surface area (Å²) in [7, 11) is -1.47. The molecule has 0 saturated heterocycles. The maximum atomic E-state index is 13.5. The minimum absolute atomic E-state index is 0.0386. The summed E-state index contributed by atoms with van der Waals surface area (Å²) in [5.74, 6) is -0.884. The van der Waals surface area contributed by atoms with Crippen molar-refractivity contribution in [1.29, 1.82) is 0 Å². The molecule has 17 heteroatoms. The molecule has 38 heavy (non-hydrogen) atoms. The van der Waals surface area contributed by atoms with Crippen molar-refractivity contribution in [3.05, 3.63) is 58.0 Å². The lowest BCUT2D eigenvalue weighted by atomic mass is 10.3. The lowest BCUT2D eigenvalue weighted by Crippen LogP contribution is -2.16. The van der Waals surface area contributed by atoms with E-state index in [1.807, 2.05) is 0 Å². The van der Waals surface area contributed by atoms with Gasteiger partial charge < -0.3 is 14.8 Å². The van der Waals surface area contributed by atoms with E-state index in [4.69, 9.17) is 9.47 Å². The van der Waals surface area contributed by atoms with Crippen LogP contribution >= 0.6 is 15.9 Å². The van der Waals surface area contributed by atoms with Crippen molar-refractivity contribution in [2.45, 2.75) is 18.0 Å². The van der Waals surface area contributed by atoms with E-state index < -0.39 is 27.8 Å². The number of nitrogens with one attached hydrogen (secondary N) is 2. The molecule has 3 heterocycles. The van der Waals surface area contributed by atoms with Crippen LogP contribution in [0, 0.1) is 6.92 Å². The fourth-order valence-electron chi connectivity index (χ4n) is 3.22. The highest BCUT2D eigenvalue weighted by atomic mass is 79.9. The zero-order chi connectivity index (χ0) is 27.8. The zero-order valence-electron chi connectivity index (χ0n) is 19.7. The minimum Gasteiger partial charge on any atom is -0.481 e. The van der Waals surface area contributed by atoms with E-state index in [1.54, 1.807) is 0 Å². The van der Waals surface area contributed by atoms with Crippen LogP contribution in [0.3, 0.4) is 0 Å². The van der Waals surface area contributed by atoms with Crippen LogP contribution < -0.4 is 19.5 Å². The summed E-state index contributed by atoms with van der Waals surface area (Å²) in [5.41, 5.74) is -1.39. The summed E-state index contributed by atoms with van der Waals surface area (Å²) >= 11 is 3.10. The molecule has 3 aromatic heterocycles. The third-order valence-corrected chi connectivity index (χ3v) is 7.00. The van der Waals surface area contributed by atoms with Gasteiger partial charge in [0.15, 0.2) is 17.2 Å². The molecule has 0 radical (unpaired) electrons. The molecule has 0 unspecified atom stereocenters. The van der Waals surface area contributed by atoms with E-state index in [-0.39, 0.29) is 49.8 Å². The van der Waals surface area contributed by atoms with Gasteiger partial charge in [-0.3, -0.25) is 9.52 Å². The Hall–Kier alpha value is -3.99. The third kappa shape index (κ3) is 5.47. The number of ether oxygens (including phenoxy) is 2. The van der Waals surface area contributed by atoms with E-state index >= 15 is 0 Å². The number of nitrogens with zero attached hydrogens (tertiary/aromatic N) is 5. The molecule has 2 N–H and O–H groups in total. The molecule has 0 fully saturated rings. The fraction of sp³-hybridized carbons (Fsp3) is 0.190. The number of halogens is 4. The summed E-state index contributed by atoms with van der Waals surface area (Å²) in [4.78, 5) is 24.4. The summed E-state index contributed by atoms with van der Waals surface area (Å²) in [6.45, 7) is 1.39. The van der Waals surface area contributed by atoms with E-state index in [1.165, 1.54) is 51.5 Å². The van der Waals surface area contributed by atoms with Gasteiger partial charge in [-0.1, -0.05) is 0 Å². The quantitative estimate of drug-likeness (QED) is 0.317. The number of rotatable bonds is 7. The highest BCUT2D eigenvalue weighted by molar-refractivity contribution is 9.10. The van der Waals surface area contributed by atoms with Crippen LogP contribution in [0.15, 0.2) is 45.8 Å². The van der Waals surface area contributed by atoms with Gasteiger partial charge in [-0.2, -0.15) is 28.2 Å². The Bertz CT molecular complexity index is 1620. The van der Waals surface area contributed by atoms with E-state index in [0.717, 1.165) is 6.07 Å². The zero-order valence-corrected chi connectivity index (χ0v) is 22.1. The number of hydrogen-bond acceptors (Lipinski definition) is 9. The van der Waals surface area contributed by atoms with E-state index in [0.29, 0.717) is 4.52 Å². The van der Waals surface area contributed by atoms with Crippen molar-refractivity contribution in [3.63, 3.8) is 0 Å². The molecule has 0 aliphatic rings. The molecule has 1 aromatic carbocycles. The molecule has 12 nitrogen and oxygen atoms in total. The highest BCUT2D eigenvalue weighted by Crippen LogP contribution is 2.32. The van der Waals surface area contributed by atoms with Crippen LogP contribution in [0.5, 0.6) is 11.9 Å². The van der Waals surface area contributed by atoms with Crippen molar-refractivity contribution < 1.29 is 35.9 Å². The maximum Gasteiger partial charge on any atom is 0.433 e. The normalized spacial score (nSPS) is 11.9. The van der Waals surface area contributed by atoms with Crippen LogP contribution in [0.4, 0.5) is 24.7 Å². The molecule has 0 aliphatic carbocycles. The Kier molecular flexibility index (Phi) is 7.16. The average Bonchev–Trinajstić information content (AvgIpc) is 3.18. The smallest absolute Gasteiger partial charge is 0.433 e. The van der Waals surface area contributed by atoms with Crippen molar-refractivity contribution >= 4 is 49.0 Å². The number of hydrogen-bond donors (Lipinski definition) is 2. The summed E-state index contributed by atoms with van der Waals surface area (Å²) < 4.78 is 78.6. The first-order valence-electron chi connectivity index (χ1n) is 10.4. The van der Waals surface area contributed by atoms with Gasteiger partial charge in [0.1, 0.15) is 5.69 Å². The SMILES string of the molecule is COc1cc(NS(=O)(=O)c2ccc(NC(=O)c3nn4c(C(F)(F)F)cc(C)nc4c3Br)cc2)nc(OC)n1. The molecule has 0 atom stereocenters. The standard InChI is InChI=1S/C21H17BrF3N7O5S/c1-10-8-13(21(23,24)25)32-18(26-10)16(22)17(30-32)19(33)27-11-4-6-12(7-5-11)38(34,35)31-14-9-15(36-2)29-20(28-14)37-3/h4-9H,1-3H3,(H,27,33)(H,28,29,31). The minimum atomic E-state index is -4.73. The molecule has 0 aliphatic heterocycles. The number of carbonyl (C=O) groups is 1. The first-order chi connectivity index (χ1) is 17.8. The first kappa shape index (κ1) is 27.1. The molecule has 1 amide bonds. The topological polar surface area (TPSA) is 150 Å². The number of methoxy groups -OCH3 is 2. The van der Waals surface area contributed by atoms with Crippen LogP contribution in [0.1, 0.15) is 21.9 Å². The fourth-order valence-corrected chi connectivity index (χ4v) is 4.72. The van der Waals surface area contributed by atoms with Crippen molar-refractivity contribution in [3.8, 4) is 11.9 Å². The second kappa shape index (κ2) is 10.1. The van der Waals surface area contributed by atoms with Gasteiger partial charge in [0.05, 0.1) is 23.6 Å². The number of fused-ring (bicyclic) bond motifs is 1. The number of benzene rings is 1. The highest BCUT2D eigenvalue weighted by Gasteiger charge is 2.36. The summed E-state index contributed by atoms with van der Waals surface area (Å²) in [6, 6.07) is 6.95. The number of aryl methyl sites for hydroxylation is 1. The van der Waals surface area contributed by atoms with Gasteiger partial charge in [-0.05, 0) is 53.2 Å². The number of aromatic nitrogens is 5. The van der Waals surface area contributed by atoms with Crippen molar-refractivity contribution in [1.82, 2.24) is 24.6 Å².